The smallest absolute Gasteiger partial charge is 0.337 e. The van der Waals surface area contributed by atoms with Crippen molar-refractivity contribution in [1.29, 1.82) is 5.26 Å². The molecule has 14 heteroatoms. The summed E-state index contributed by atoms with van der Waals surface area (Å²) in [6.45, 7) is 8.55. The average molecular weight is 856 g/mol. The number of rotatable bonds is 13. The lowest BCUT2D eigenvalue weighted by molar-refractivity contribution is -0.146. The number of carboxylic acid groups (broad SMARTS) is 1. The highest BCUT2D eigenvalue weighted by Gasteiger charge is 2.30. The van der Waals surface area contributed by atoms with E-state index in [4.69, 9.17) is 19.0 Å². The number of ether oxygens (including phenoxy) is 2. The summed E-state index contributed by atoms with van der Waals surface area (Å²) in [5, 5.41) is 28.4. The molecule has 2 aliphatic heterocycles. The molecule has 2 atom stereocenters. The Kier molecular flexibility index (Phi) is 16.2. The van der Waals surface area contributed by atoms with Gasteiger partial charge in [0.15, 0.2) is 20.5 Å². The number of carbonyl (C=O) groups is 3. The Hall–Kier alpha value is -5.62. The molecule has 0 aliphatic carbocycles. The number of hydrogen-bond acceptors (Lipinski definition) is 8. The molecule has 4 aromatic carbocycles. The monoisotopic (exact) mass is 855 g/mol. The van der Waals surface area contributed by atoms with Crippen LogP contribution in [-0.2, 0) is 22.1 Å². The summed E-state index contributed by atoms with van der Waals surface area (Å²) in [7, 11) is 1.05. The second-order valence-corrected chi connectivity index (χ2v) is 21.0. The van der Waals surface area contributed by atoms with E-state index < -0.39 is 26.5 Å². The molecule has 2 unspecified atom stereocenters. The summed E-state index contributed by atoms with van der Waals surface area (Å²) in [6, 6.07) is 24.9. The molecule has 2 aliphatic rings. The van der Waals surface area contributed by atoms with Crippen LogP contribution in [0.4, 0.5) is 8.78 Å². The van der Waals surface area contributed by atoms with Crippen molar-refractivity contribution in [1.82, 2.24) is 9.80 Å². The van der Waals surface area contributed by atoms with E-state index in [-0.39, 0.29) is 34.6 Å². The minimum Gasteiger partial charge on any atom is -0.496 e. The first-order valence-corrected chi connectivity index (χ1v) is 23.9. The van der Waals surface area contributed by atoms with Crippen LogP contribution in [0.25, 0.3) is 0 Å². The van der Waals surface area contributed by atoms with E-state index in [1.165, 1.54) is 49.6 Å². The number of amides is 2. The van der Waals surface area contributed by atoms with Gasteiger partial charge in [0, 0.05) is 26.2 Å². The van der Waals surface area contributed by atoms with E-state index in [0.29, 0.717) is 60.6 Å². The van der Waals surface area contributed by atoms with E-state index in [9.17, 15) is 33.5 Å². The Balaban J connectivity index is 0.000000232. The van der Waals surface area contributed by atoms with Crippen LogP contribution in [0.2, 0.25) is 19.6 Å². The third-order valence-corrected chi connectivity index (χ3v) is 12.0. The van der Waals surface area contributed by atoms with Crippen LogP contribution < -0.4 is 9.47 Å². The van der Waals surface area contributed by atoms with Crippen molar-refractivity contribution in [3.8, 4) is 17.6 Å². The van der Waals surface area contributed by atoms with E-state index in [1.807, 2.05) is 36.7 Å². The Morgan fingerprint density at radius 1 is 0.705 bits per heavy atom. The third kappa shape index (κ3) is 12.9. The Labute approximate surface area is 357 Å². The number of benzene rings is 4. The number of carboxylic acids is 1. The number of carbonyl (C=O) groups excluding carboxylic acids is 2. The number of nitriles is 1. The third-order valence-electron chi connectivity index (χ3n) is 11.0. The number of methoxy groups -OCH3 is 2. The van der Waals surface area contributed by atoms with Gasteiger partial charge in [-0.3, -0.25) is 9.59 Å². The van der Waals surface area contributed by atoms with Crippen LogP contribution in [0.3, 0.4) is 0 Å². The van der Waals surface area contributed by atoms with Crippen LogP contribution in [0, 0.1) is 34.8 Å². The van der Waals surface area contributed by atoms with Crippen molar-refractivity contribution in [3.05, 3.63) is 130 Å². The fraction of sp³-hybridized carbons (Fsp3) is 0.404. The van der Waals surface area contributed by atoms with E-state index in [0.717, 1.165) is 49.7 Å². The molecule has 0 bridgehead atoms. The maximum Gasteiger partial charge on any atom is 0.337 e. The molecule has 2 heterocycles. The Morgan fingerprint density at radius 3 is 1.46 bits per heavy atom. The summed E-state index contributed by atoms with van der Waals surface area (Å²) >= 11 is 0. The molecule has 6 rings (SSSR count). The molecule has 324 valence electrons. The fourth-order valence-electron chi connectivity index (χ4n) is 7.71. The molecule has 2 fully saturated rings. The van der Waals surface area contributed by atoms with Gasteiger partial charge >= 0.3 is 5.97 Å². The fourth-order valence-corrected chi connectivity index (χ4v) is 8.61. The second-order valence-electron chi connectivity index (χ2n) is 16.5. The highest BCUT2D eigenvalue weighted by molar-refractivity contribution is 6.69. The lowest BCUT2D eigenvalue weighted by atomic mass is 9.90. The topological polar surface area (TPSA) is 150 Å². The van der Waals surface area contributed by atoms with Gasteiger partial charge in [0.1, 0.15) is 23.1 Å². The number of aliphatic hydroxyl groups excluding tert-OH is 1. The lowest BCUT2D eigenvalue weighted by Gasteiger charge is -2.32. The van der Waals surface area contributed by atoms with Crippen molar-refractivity contribution in [2.75, 3.05) is 40.4 Å². The Morgan fingerprint density at radius 2 is 1.10 bits per heavy atom. The van der Waals surface area contributed by atoms with Crippen molar-refractivity contribution >= 4 is 26.1 Å². The SMILES string of the molecule is COc1ccc(C(C#N)O[Si](C)(C)C)cc1C(=O)N1CCC(Cc2ccc(F)cc2)CC1.COc1ccc(C(O)C(=O)O)cc1C(=O)N1CCC(Cc2ccc(F)cc2)CC1. The molecule has 0 radical (unpaired) electrons. The molecule has 2 N–H and O–H groups in total. The first-order valence-electron chi connectivity index (χ1n) is 20.5. The van der Waals surface area contributed by atoms with Gasteiger partial charge in [0.2, 0.25) is 0 Å². The van der Waals surface area contributed by atoms with Gasteiger partial charge in [-0.1, -0.05) is 36.4 Å². The van der Waals surface area contributed by atoms with Crippen LogP contribution >= 0.6 is 0 Å². The predicted octanol–water partition coefficient (Wildman–Crippen LogP) is 8.39. The van der Waals surface area contributed by atoms with Gasteiger partial charge in [0.25, 0.3) is 11.8 Å². The normalized spacial score (nSPS) is 15.8. The van der Waals surface area contributed by atoms with Gasteiger partial charge in [-0.2, -0.15) is 5.26 Å². The predicted molar refractivity (Wildman–Crippen MR) is 229 cm³/mol. The number of nitrogens with zero attached hydrogens (tertiary/aromatic N) is 3. The maximum absolute atomic E-state index is 13.3. The second kappa shape index (κ2) is 21.3. The van der Waals surface area contributed by atoms with E-state index in [1.54, 1.807) is 42.3 Å². The number of hydrogen-bond donors (Lipinski definition) is 2. The summed E-state index contributed by atoms with van der Waals surface area (Å²) < 4.78 is 42.9. The first kappa shape index (κ1) is 46.4. The zero-order valence-corrected chi connectivity index (χ0v) is 36.4. The van der Waals surface area contributed by atoms with Gasteiger partial charge in [-0.15, -0.1) is 0 Å². The van der Waals surface area contributed by atoms with Crippen molar-refractivity contribution in [2.45, 2.75) is 70.4 Å². The van der Waals surface area contributed by atoms with Gasteiger partial charge in [-0.05, 0) is 141 Å². The molecule has 0 spiro atoms. The maximum atomic E-state index is 13.3. The molecule has 4 aromatic rings. The average Bonchev–Trinajstić information content (AvgIpc) is 3.26. The van der Waals surface area contributed by atoms with E-state index >= 15 is 0 Å². The summed E-state index contributed by atoms with van der Waals surface area (Å²) in [5.41, 5.74) is 3.70. The lowest BCUT2D eigenvalue weighted by Crippen LogP contribution is -2.39. The summed E-state index contributed by atoms with van der Waals surface area (Å²) in [4.78, 5) is 40.9. The van der Waals surface area contributed by atoms with Crippen molar-refractivity contribution < 1.29 is 47.3 Å². The molecule has 2 saturated heterocycles. The molecule has 61 heavy (non-hydrogen) atoms. The standard InChI is InChI=1S/C25H31FN2O3Si.C22H24FNO5/c1-30-23-10-7-20(24(17-27)31-32(2,3)4)16-22(23)25(29)28-13-11-19(12-14-28)15-18-5-8-21(26)9-6-18;1-29-19-7-4-16(20(25)22(27)28)13-18(19)21(26)24-10-8-15(9-11-24)12-14-2-5-17(23)6-3-14/h5-10,16,19,24H,11-15H2,1-4H3;2-7,13,15,20,25H,8-12H2,1H3,(H,27,28). The highest BCUT2D eigenvalue weighted by atomic mass is 28.4. The molecule has 0 saturated carbocycles. The van der Waals surface area contributed by atoms with Crippen LogP contribution in [0.5, 0.6) is 11.5 Å². The van der Waals surface area contributed by atoms with Crippen molar-refractivity contribution in [2.24, 2.45) is 11.8 Å². The first-order chi connectivity index (χ1) is 29.1. The highest BCUT2D eigenvalue weighted by Crippen LogP contribution is 2.31. The number of likely N-dealkylation sites (tertiary alicyclic amines) is 2. The molecular weight excluding hydrogens is 801 g/mol. The van der Waals surface area contributed by atoms with Gasteiger partial charge in [0.05, 0.1) is 31.4 Å². The Bertz CT molecular complexity index is 2160. The van der Waals surface area contributed by atoms with E-state index in [2.05, 4.69) is 6.07 Å². The van der Waals surface area contributed by atoms with Crippen LogP contribution in [0.1, 0.15) is 80.9 Å². The molecule has 0 aromatic heterocycles. The number of piperidine rings is 2. The summed E-state index contributed by atoms with van der Waals surface area (Å²) in [5.74, 6) is -0.484. The molecule has 11 nitrogen and oxygen atoms in total. The van der Waals surface area contributed by atoms with Crippen LogP contribution in [-0.4, -0.2) is 86.5 Å². The van der Waals surface area contributed by atoms with Gasteiger partial charge < -0.3 is 33.9 Å². The minimum atomic E-state index is -1.94. The number of aliphatic hydroxyl groups is 1. The zero-order chi connectivity index (χ0) is 44.3. The molecule has 2 amide bonds. The van der Waals surface area contributed by atoms with Gasteiger partial charge in [-0.25, -0.2) is 13.6 Å². The minimum absolute atomic E-state index is 0.0892. The zero-order valence-electron chi connectivity index (χ0n) is 35.4. The molecular formula is C47H55F2N3O8Si. The number of halogens is 2. The largest absolute Gasteiger partial charge is 0.496 e. The quantitative estimate of drug-likeness (QED) is 0.127. The van der Waals surface area contributed by atoms with Crippen LogP contribution in [0.15, 0.2) is 84.9 Å². The number of aliphatic carboxylic acids is 1. The summed E-state index contributed by atoms with van der Waals surface area (Å²) in [6.07, 6.45) is 2.75. The van der Waals surface area contributed by atoms with Crippen molar-refractivity contribution in [3.63, 3.8) is 0 Å².